The third-order valence-corrected chi connectivity index (χ3v) is 0.714. The highest BCUT2D eigenvalue weighted by Gasteiger charge is 2.18. The Bertz CT molecular complexity index is 314. The first-order valence-electron chi connectivity index (χ1n) is 5.16. The van der Waals surface area contributed by atoms with E-state index in [4.69, 9.17) is 14.0 Å². The van der Waals surface area contributed by atoms with Crippen LogP contribution in [0.5, 0.6) is 0 Å². The van der Waals surface area contributed by atoms with Crippen LogP contribution in [0.25, 0.3) is 0 Å². The van der Waals surface area contributed by atoms with Crippen molar-refractivity contribution >= 4 is 0 Å². The van der Waals surface area contributed by atoms with Gasteiger partial charge in [0.15, 0.2) is 5.82 Å². The number of hydrogen-bond donors (Lipinski definition) is 1. The monoisotopic (exact) mass is 133 g/mol. The van der Waals surface area contributed by atoms with Crippen molar-refractivity contribution in [1.29, 1.82) is 0 Å². The highest BCUT2D eigenvalue weighted by atomic mass is 16.5. The summed E-state index contributed by atoms with van der Waals surface area (Å²) in [5, 5.41) is 3.19. The molecule has 1 aromatic rings. The molecule has 50 valence electrons. The SMILES string of the molecule is [2H]C([2H])([2H])C(N)(c1ncon1)C([2H])([2H])[2H]. The van der Waals surface area contributed by atoms with Crippen LogP contribution in [0.4, 0.5) is 0 Å². The van der Waals surface area contributed by atoms with Crippen molar-refractivity contribution in [2.24, 2.45) is 5.73 Å². The van der Waals surface area contributed by atoms with E-state index in [-0.39, 0.29) is 0 Å². The first-order chi connectivity index (χ1) is 6.61. The van der Waals surface area contributed by atoms with Crippen LogP contribution in [0.2, 0.25) is 0 Å². The Morgan fingerprint density at radius 1 is 1.89 bits per heavy atom. The van der Waals surface area contributed by atoms with Gasteiger partial charge in [0.2, 0.25) is 6.39 Å². The van der Waals surface area contributed by atoms with Crippen LogP contribution in [-0.4, -0.2) is 10.1 Å². The molecule has 2 N–H and O–H groups in total. The summed E-state index contributed by atoms with van der Waals surface area (Å²) in [7, 11) is 0. The summed E-state index contributed by atoms with van der Waals surface area (Å²) in [6.45, 7) is -5.91. The molecule has 0 aliphatic carbocycles. The predicted molar refractivity (Wildman–Crippen MR) is 31.5 cm³/mol. The fraction of sp³-hybridized carbons (Fsp3) is 0.600. The maximum Gasteiger partial charge on any atom is 0.213 e. The Labute approximate surface area is 61.5 Å². The van der Waals surface area contributed by atoms with E-state index in [1.807, 2.05) is 0 Å². The summed E-state index contributed by atoms with van der Waals surface area (Å²) < 4.78 is 47.2. The molecular weight excluding hydrogens is 118 g/mol. The standard InChI is InChI=1S/C5H9N3O/c1-5(2,6)4-7-3-9-8-4/h3H,6H2,1-2H3/i1D3,2D3. The molecule has 0 unspecified atom stereocenters. The maximum atomic E-state index is 7.14. The van der Waals surface area contributed by atoms with Crippen molar-refractivity contribution in [1.82, 2.24) is 10.1 Å². The van der Waals surface area contributed by atoms with E-state index in [1.54, 1.807) is 0 Å². The summed E-state index contributed by atoms with van der Waals surface area (Å²) in [5.41, 5.74) is 2.79. The third kappa shape index (κ3) is 1.26. The zero-order valence-electron chi connectivity index (χ0n) is 10.5. The lowest BCUT2D eigenvalue weighted by atomic mass is 10.1. The van der Waals surface area contributed by atoms with Crippen LogP contribution in [0.15, 0.2) is 10.9 Å². The largest absolute Gasteiger partial charge is 0.343 e. The van der Waals surface area contributed by atoms with E-state index in [0.717, 1.165) is 6.39 Å². The first kappa shape index (κ1) is 2.05. The molecule has 0 radical (unpaired) electrons. The average Bonchev–Trinajstić information content (AvgIpc) is 2.49. The second-order valence-electron chi connectivity index (χ2n) is 1.56. The van der Waals surface area contributed by atoms with Gasteiger partial charge in [0.05, 0.1) is 5.54 Å². The molecule has 0 saturated carbocycles. The number of nitrogens with zero attached hydrogens (tertiary/aromatic N) is 2. The van der Waals surface area contributed by atoms with Gasteiger partial charge in [-0.05, 0) is 13.7 Å². The van der Waals surface area contributed by atoms with Crippen molar-refractivity contribution in [3.05, 3.63) is 12.2 Å². The first-order valence-corrected chi connectivity index (χ1v) is 2.16. The van der Waals surface area contributed by atoms with Gasteiger partial charge in [0, 0.05) is 8.22 Å². The zero-order valence-corrected chi connectivity index (χ0v) is 4.46. The molecule has 0 amide bonds. The molecule has 1 rings (SSSR count). The second kappa shape index (κ2) is 1.80. The van der Waals surface area contributed by atoms with Crippen LogP contribution in [0, 0.1) is 0 Å². The zero-order chi connectivity index (χ0) is 11.9. The van der Waals surface area contributed by atoms with Crippen molar-refractivity contribution in [3.63, 3.8) is 0 Å². The Hall–Kier alpha value is -0.900. The quantitative estimate of drug-likeness (QED) is 0.597. The fourth-order valence-corrected chi connectivity index (χ4v) is 0.344. The van der Waals surface area contributed by atoms with Gasteiger partial charge in [-0.3, -0.25) is 0 Å². The molecule has 0 fully saturated rings. The maximum absolute atomic E-state index is 7.14. The van der Waals surface area contributed by atoms with E-state index >= 15 is 0 Å². The molecule has 0 bridgehead atoms. The minimum atomic E-state index is -2.96. The van der Waals surface area contributed by atoms with E-state index in [9.17, 15) is 0 Å². The average molecular weight is 133 g/mol. The molecule has 0 aromatic carbocycles. The molecule has 0 aliphatic heterocycles. The molecule has 4 heteroatoms. The van der Waals surface area contributed by atoms with Gasteiger partial charge in [-0.2, -0.15) is 4.98 Å². The number of nitrogens with two attached hydrogens (primary N) is 1. The molecular formula is C5H9N3O. The van der Waals surface area contributed by atoms with E-state index in [1.165, 1.54) is 0 Å². The van der Waals surface area contributed by atoms with Gasteiger partial charge < -0.3 is 10.3 Å². The minimum Gasteiger partial charge on any atom is -0.343 e. The topological polar surface area (TPSA) is 64.9 Å². The van der Waals surface area contributed by atoms with Crippen molar-refractivity contribution in [2.75, 3.05) is 0 Å². The summed E-state index contributed by atoms with van der Waals surface area (Å²) in [6, 6.07) is 0. The number of aromatic nitrogens is 2. The van der Waals surface area contributed by atoms with Crippen LogP contribution < -0.4 is 5.73 Å². The molecule has 1 aromatic heterocycles. The van der Waals surface area contributed by atoms with Crippen LogP contribution in [-0.2, 0) is 5.54 Å². The molecule has 9 heavy (non-hydrogen) atoms. The van der Waals surface area contributed by atoms with Gasteiger partial charge >= 0.3 is 0 Å². The molecule has 0 saturated heterocycles. The van der Waals surface area contributed by atoms with Gasteiger partial charge in [0.25, 0.3) is 0 Å². The summed E-state index contributed by atoms with van der Waals surface area (Å²) in [6.07, 6.45) is 0.828. The number of rotatable bonds is 1. The Balaban J connectivity index is 3.33. The van der Waals surface area contributed by atoms with E-state index in [0.29, 0.717) is 0 Å². The number of hydrogen-bond acceptors (Lipinski definition) is 4. The molecule has 0 aliphatic rings. The van der Waals surface area contributed by atoms with E-state index in [2.05, 4.69) is 14.7 Å². The Kier molecular flexibility index (Phi) is 0.412. The van der Waals surface area contributed by atoms with Gasteiger partial charge in [-0.15, -0.1) is 0 Å². The third-order valence-electron chi connectivity index (χ3n) is 0.714. The minimum absolute atomic E-state index is 0.553. The summed E-state index contributed by atoms with van der Waals surface area (Å²) >= 11 is 0. The van der Waals surface area contributed by atoms with Crippen molar-refractivity contribution in [3.8, 4) is 0 Å². The second-order valence-corrected chi connectivity index (χ2v) is 1.56. The Morgan fingerprint density at radius 3 is 3.11 bits per heavy atom. The summed E-state index contributed by atoms with van der Waals surface area (Å²) in [5.74, 6) is -0.553. The van der Waals surface area contributed by atoms with Crippen LogP contribution in [0.3, 0.4) is 0 Å². The smallest absolute Gasteiger partial charge is 0.213 e. The highest BCUT2D eigenvalue weighted by Crippen LogP contribution is 2.09. The predicted octanol–water partition coefficient (Wildman–Crippen LogP) is 0.263. The molecule has 0 spiro atoms. The summed E-state index contributed by atoms with van der Waals surface area (Å²) in [4.78, 5) is 3.40. The fourth-order valence-electron chi connectivity index (χ4n) is 0.344. The highest BCUT2D eigenvalue weighted by molar-refractivity contribution is 4.94. The van der Waals surface area contributed by atoms with Gasteiger partial charge in [0.1, 0.15) is 0 Å². The molecule has 4 nitrogen and oxygen atoms in total. The Morgan fingerprint density at radius 2 is 2.67 bits per heavy atom. The van der Waals surface area contributed by atoms with Gasteiger partial charge in [-0.1, -0.05) is 5.16 Å². The normalized spacial score (nSPS) is 24.6. The van der Waals surface area contributed by atoms with Crippen LogP contribution in [0.1, 0.15) is 27.8 Å². The van der Waals surface area contributed by atoms with E-state index < -0.39 is 25.1 Å². The van der Waals surface area contributed by atoms with Crippen molar-refractivity contribution < 1.29 is 12.7 Å². The lowest BCUT2D eigenvalue weighted by molar-refractivity contribution is 0.388. The molecule has 0 atom stereocenters. The van der Waals surface area contributed by atoms with Crippen LogP contribution >= 0.6 is 0 Å². The lowest BCUT2D eigenvalue weighted by Crippen LogP contribution is -2.29. The van der Waals surface area contributed by atoms with Gasteiger partial charge in [-0.25, -0.2) is 0 Å². The lowest BCUT2D eigenvalue weighted by Gasteiger charge is -2.11. The molecule has 1 heterocycles. The van der Waals surface area contributed by atoms with Crippen molar-refractivity contribution in [2.45, 2.75) is 19.2 Å².